The van der Waals surface area contributed by atoms with Gasteiger partial charge in [-0.1, -0.05) is 59.9 Å². The number of rotatable bonds is 33. The van der Waals surface area contributed by atoms with Gasteiger partial charge in [0.15, 0.2) is 11.9 Å². The average molecular weight is 1090 g/mol. The quantitative estimate of drug-likeness (QED) is 0.0124. The number of ketones is 1. The zero-order valence-corrected chi connectivity index (χ0v) is 46.2. The number of aromatic hydroxyl groups is 1. The predicted octanol–water partition coefficient (Wildman–Crippen LogP) is 4.14. The second-order valence-electron chi connectivity index (χ2n) is 18.8. The number of likely N-dealkylation sites (N-methyl/N-ethyl adjacent to an activating group) is 1. The number of aromatic nitrogens is 1. The van der Waals surface area contributed by atoms with Crippen LogP contribution in [-0.2, 0) is 54.0 Å². The molecule has 6 atom stereocenters. The monoisotopic (exact) mass is 1080 g/mol. The van der Waals surface area contributed by atoms with E-state index in [0.717, 1.165) is 44.2 Å². The van der Waals surface area contributed by atoms with Gasteiger partial charge < -0.3 is 34.9 Å². The molecule has 75 heavy (non-hydrogen) atoms. The lowest BCUT2D eigenvalue weighted by Crippen LogP contribution is -2.48. The number of anilines is 1. The molecule has 2 heterocycles. The van der Waals surface area contributed by atoms with E-state index in [1.165, 1.54) is 24.3 Å². The number of carbonyl (C=O) groups is 7. The zero-order chi connectivity index (χ0) is 55.7. The Morgan fingerprint density at radius 1 is 0.987 bits per heavy atom. The zero-order valence-electron chi connectivity index (χ0n) is 44.5. The highest BCUT2D eigenvalue weighted by atomic mass is 32.1. The van der Waals surface area contributed by atoms with Crippen molar-refractivity contribution in [1.82, 2.24) is 46.4 Å². The Morgan fingerprint density at radius 2 is 1.65 bits per heavy atom. The molecule has 24 heteroatoms. The van der Waals surface area contributed by atoms with Crippen LogP contribution in [0.4, 0.5) is 5.69 Å². The van der Waals surface area contributed by atoms with Crippen molar-refractivity contribution in [3.63, 3.8) is 0 Å². The van der Waals surface area contributed by atoms with Crippen molar-refractivity contribution < 1.29 is 57.4 Å². The molecule has 1 saturated heterocycles. The van der Waals surface area contributed by atoms with E-state index in [9.17, 15) is 43.2 Å². The molecule has 2 aromatic rings. The van der Waals surface area contributed by atoms with Gasteiger partial charge in [-0.05, 0) is 80.6 Å². The summed E-state index contributed by atoms with van der Waals surface area (Å²) in [6.07, 6.45) is 14.7. The number of thiazole rings is 1. The molecular weight excluding hydrogens is 1010 g/mol. The second kappa shape index (κ2) is 32.6. The molecule has 3 rings (SSSR count). The first kappa shape index (κ1) is 63.5. The van der Waals surface area contributed by atoms with Gasteiger partial charge >= 0.3 is 25.4 Å². The maximum atomic E-state index is 14.4. The van der Waals surface area contributed by atoms with Crippen LogP contribution >= 0.6 is 18.9 Å². The van der Waals surface area contributed by atoms with E-state index in [1.54, 1.807) is 41.3 Å². The Hall–Kier alpha value is -5.75. The van der Waals surface area contributed by atoms with Gasteiger partial charge in [0.2, 0.25) is 11.8 Å². The van der Waals surface area contributed by atoms with Crippen LogP contribution < -0.4 is 37.0 Å². The summed E-state index contributed by atoms with van der Waals surface area (Å²) in [5.41, 5.74) is 5.07. The van der Waals surface area contributed by atoms with Gasteiger partial charge in [-0.15, -0.1) is 24.2 Å². The fourth-order valence-electron chi connectivity index (χ4n) is 8.45. The number of nitrogens with one attached hydrogen (secondary N) is 7. The fraction of sp³-hybridized carbons (Fsp3) is 0.608. The van der Waals surface area contributed by atoms with Crippen LogP contribution in [0, 0.1) is 42.4 Å². The van der Waals surface area contributed by atoms with Gasteiger partial charge in [0.05, 0.1) is 44.6 Å². The molecule has 414 valence electrons. The number of amides is 5. The third-order valence-corrected chi connectivity index (χ3v) is 15.2. The first-order chi connectivity index (χ1) is 35.6. The summed E-state index contributed by atoms with van der Waals surface area (Å²) in [7, 11) is -0.127. The number of piperidine rings is 1. The van der Waals surface area contributed by atoms with Gasteiger partial charge in [-0.2, -0.15) is 10.4 Å². The Labute approximate surface area is 445 Å². The predicted molar refractivity (Wildman–Crippen MR) is 284 cm³/mol. The summed E-state index contributed by atoms with van der Waals surface area (Å²) in [5.74, 6) is -0.484. The lowest BCUT2D eigenvalue weighted by molar-refractivity contribution is -0.149. The second-order valence-corrected chi connectivity index (χ2v) is 21.7. The van der Waals surface area contributed by atoms with Crippen molar-refractivity contribution in [3.8, 4) is 30.4 Å². The lowest BCUT2D eigenvalue weighted by Gasteiger charge is -2.37. The summed E-state index contributed by atoms with van der Waals surface area (Å²) in [4.78, 5) is 98.4. The van der Waals surface area contributed by atoms with Crippen LogP contribution in [0.15, 0.2) is 23.6 Å². The number of esters is 1. The minimum absolute atomic E-state index is 0.0218. The molecule has 22 nitrogen and oxygen atoms in total. The van der Waals surface area contributed by atoms with Crippen molar-refractivity contribution in [1.29, 1.82) is 0 Å². The summed E-state index contributed by atoms with van der Waals surface area (Å²) in [5, 5.41) is 25.3. The van der Waals surface area contributed by atoms with E-state index in [-0.39, 0.29) is 105 Å². The SMILES string of the molecule is C#CC(=O)NNP(=O)(NCCOCCOCCC(=O)Nc1cc(C[C@@H](CCC)NC(=O)c2csc([C@@H](C[C@H](C(C)C)N(C)C(=O)[C@@H](CC(=O)[C@H]3CCCCN3C)[C@@H](C)CC)OC(C)=O)n2)ccc1O)NNC(=O)C#C. The highest BCUT2D eigenvalue weighted by molar-refractivity contribution is 7.57. The van der Waals surface area contributed by atoms with E-state index in [4.69, 9.17) is 27.1 Å². The van der Waals surface area contributed by atoms with E-state index >= 15 is 0 Å². The third-order valence-electron chi connectivity index (χ3n) is 12.8. The van der Waals surface area contributed by atoms with Crippen LogP contribution in [-0.4, -0.2) is 133 Å². The molecule has 0 unspecified atom stereocenters. The van der Waals surface area contributed by atoms with E-state index in [2.05, 4.69) is 36.0 Å². The molecule has 1 aromatic carbocycles. The van der Waals surface area contributed by atoms with Crippen molar-refractivity contribution in [3.05, 3.63) is 39.8 Å². The number of phenolic OH excluding ortho intramolecular Hbond substituents is 1. The molecule has 0 bridgehead atoms. The van der Waals surface area contributed by atoms with Crippen LogP contribution in [0.1, 0.15) is 126 Å². The number of carbonyl (C=O) groups excluding carboxylic acids is 7. The van der Waals surface area contributed by atoms with Crippen LogP contribution in [0.5, 0.6) is 5.75 Å². The molecule has 5 amide bonds. The molecule has 8 N–H and O–H groups in total. The number of hydrogen-bond donors (Lipinski definition) is 8. The maximum Gasteiger partial charge on any atom is 0.313 e. The lowest BCUT2D eigenvalue weighted by atomic mass is 9.83. The number of ether oxygens (including phenoxy) is 3. The van der Waals surface area contributed by atoms with E-state index in [1.807, 2.05) is 52.5 Å². The van der Waals surface area contributed by atoms with Crippen molar-refractivity contribution in [2.45, 2.75) is 130 Å². The minimum Gasteiger partial charge on any atom is -0.506 e. The summed E-state index contributed by atoms with van der Waals surface area (Å²) < 4.78 is 29.7. The highest BCUT2D eigenvalue weighted by Crippen LogP contribution is 2.33. The molecule has 1 aliphatic heterocycles. The Kier molecular flexibility index (Phi) is 27.7. The fourth-order valence-corrected chi connectivity index (χ4v) is 10.4. The van der Waals surface area contributed by atoms with Crippen LogP contribution in [0.3, 0.4) is 0 Å². The largest absolute Gasteiger partial charge is 0.506 e. The number of phenols is 1. The summed E-state index contributed by atoms with van der Waals surface area (Å²) in [6.45, 7) is 12.4. The van der Waals surface area contributed by atoms with Crippen molar-refractivity contribution in [2.75, 3.05) is 58.9 Å². The average Bonchev–Trinajstić information content (AvgIpc) is 3.88. The number of nitrogens with zero attached hydrogens (tertiary/aromatic N) is 3. The standard InChI is InChI=1S/C51H77N10O12PS/c1-11-17-37(28-36-19-20-43(63)39(29-36)54-48(67)21-24-71-26-27-72-25-22-52-74(70,58-56-46(65)13-3)59-57-47(66)14-4)53-49(68)40-32-75-50(55-40)45(73-35(8)62)31-42(33(5)6)61(10)51(69)38(34(7)12-2)30-44(64)41-18-15-16-23-60(41)9/h3-4,19-20,29,32-34,37-38,41-42,45,63H,11-12,15-18,21-28,30-31H2,1-2,5-10H3,(H,53,68)(H,54,67)(H,56,65)(H,57,66)(H3,52,58,59,70)/t34-,37+,38-,41+,42+,45+/m0/s1. The van der Waals surface area contributed by atoms with Gasteiger partial charge in [-0.3, -0.25) is 53.9 Å². The van der Waals surface area contributed by atoms with E-state index < -0.39 is 55.3 Å². The molecule has 0 radical (unpaired) electrons. The van der Waals surface area contributed by atoms with Gasteiger partial charge in [0, 0.05) is 56.7 Å². The van der Waals surface area contributed by atoms with Crippen LogP contribution in [0.25, 0.3) is 0 Å². The topological polar surface area (TPSA) is 288 Å². The van der Waals surface area contributed by atoms with Gasteiger partial charge in [0.25, 0.3) is 5.91 Å². The number of terminal acetylenes is 2. The number of hydrogen-bond acceptors (Lipinski definition) is 15. The molecule has 1 fully saturated rings. The number of hydrazine groups is 2. The molecule has 1 aromatic heterocycles. The first-order valence-corrected chi connectivity index (χ1v) is 27.9. The Bertz CT molecular complexity index is 2340. The number of benzene rings is 1. The van der Waals surface area contributed by atoms with Crippen molar-refractivity contribution >= 4 is 65.9 Å². The molecule has 0 saturated carbocycles. The summed E-state index contributed by atoms with van der Waals surface area (Å²) >= 11 is 1.18. The van der Waals surface area contributed by atoms with Gasteiger partial charge in [0.1, 0.15) is 16.5 Å². The maximum absolute atomic E-state index is 14.4. The smallest absolute Gasteiger partial charge is 0.313 e. The Morgan fingerprint density at radius 3 is 2.25 bits per heavy atom. The first-order valence-electron chi connectivity index (χ1n) is 25.3. The normalized spacial score (nSPS) is 15.7. The molecule has 0 aliphatic carbocycles. The van der Waals surface area contributed by atoms with E-state index in [0.29, 0.717) is 17.8 Å². The summed E-state index contributed by atoms with van der Waals surface area (Å²) in [6, 6.07) is 3.86. The molecular formula is C51H77N10O12PS. The molecule has 1 aliphatic rings. The minimum atomic E-state index is -3.84. The number of likely N-dealkylation sites (tertiary alicyclic amines) is 1. The Balaban J connectivity index is 1.57. The van der Waals surface area contributed by atoms with Crippen LogP contribution in [0.2, 0.25) is 0 Å². The highest BCUT2D eigenvalue weighted by Gasteiger charge is 2.38. The van der Waals surface area contributed by atoms with Crippen molar-refractivity contribution in [2.24, 2.45) is 17.8 Å². The molecule has 0 spiro atoms. The third kappa shape index (κ3) is 21.8. The van der Waals surface area contributed by atoms with Gasteiger partial charge in [-0.25, -0.2) is 10.1 Å². The number of Topliss-reactive ketones (excluding diaryl/α,β-unsaturated/α-hetero) is 1.